The molecule has 0 saturated carbocycles. The van der Waals surface area contributed by atoms with Crippen LogP contribution in [0.4, 0.5) is 11.4 Å². The predicted octanol–water partition coefficient (Wildman–Crippen LogP) is -2.83. The van der Waals surface area contributed by atoms with Crippen LogP contribution in [0, 0.1) is 0 Å². The van der Waals surface area contributed by atoms with Gasteiger partial charge in [0.25, 0.3) is 0 Å². The van der Waals surface area contributed by atoms with Gasteiger partial charge in [0.1, 0.15) is 0 Å². The van der Waals surface area contributed by atoms with Gasteiger partial charge in [-0.1, -0.05) is 23.2 Å². The fourth-order valence-electron chi connectivity index (χ4n) is 1.75. The van der Waals surface area contributed by atoms with Crippen molar-refractivity contribution in [2.45, 2.75) is 13.8 Å². The molecule has 0 aliphatic heterocycles. The van der Waals surface area contributed by atoms with Gasteiger partial charge < -0.3 is 51.1 Å². The van der Waals surface area contributed by atoms with Gasteiger partial charge in [0, 0.05) is 21.4 Å². The predicted molar refractivity (Wildman–Crippen MR) is 146 cm³/mol. The second-order valence-electron chi connectivity index (χ2n) is 6.16. The van der Waals surface area contributed by atoms with E-state index in [0.717, 1.165) is 11.4 Å². The number of aliphatic hydroxyl groups is 2. The van der Waals surface area contributed by atoms with E-state index in [2.05, 4.69) is 31.7 Å². The Morgan fingerprint density at radius 3 is 1.25 bits per heavy atom. The van der Waals surface area contributed by atoms with Crippen molar-refractivity contribution >= 4 is 80.7 Å². The number of hydrazone groups is 2. The van der Waals surface area contributed by atoms with E-state index in [0.29, 0.717) is 31.7 Å². The van der Waals surface area contributed by atoms with Crippen molar-refractivity contribution < 1.29 is 57.0 Å². The minimum absolute atomic E-state index is 0. The Kier molecular flexibility index (Phi) is 27.9. The summed E-state index contributed by atoms with van der Waals surface area (Å²) in [4.78, 5) is 0. The molecule has 0 aromatic heterocycles. The minimum Gasteiger partial charge on any atom is -1.00 e. The van der Waals surface area contributed by atoms with Crippen LogP contribution in [0.2, 0.25) is 10.0 Å². The Balaban J connectivity index is -0.000000256. The molecule has 0 unspecified atom stereocenters. The first-order valence-corrected chi connectivity index (χ1v) is 10.7. The van der Waals surface area contributed by atoms with Crippen LogP contribution in [0.5, 0.6) is 0 Å². The molecular weight excluding hydrogens is 637 g/mol. The van der Waals surface area contributed by atoms with Gasteiger partial charge in [-0.3, -0.25) is 10.9 Å². The van der Waals surface area contributed by atoms with Crippen LogP contribution in [0.15, 0.2) is 58.7 Å². The third-order valence-electron chi connectivity index (χ3n) is 3.36. The van der Waals surface area contributed by atoms with E-state index < -0.39 is 0 Å². The van der Waals surface area contributed by atoms with E-state index >= 15 is 0 Å². The molecule has 8 N–H and O–H groups in total. The molecule has 0 amide bonds. The van der Waals surface area contributed by atoms with Gasteiger partial charge in [0.2, 0.25) is 0 Å². The van der Waals surface area contributed by atoms with Crippen LogP contribution in [-0.2, 0) is 16.5 Å². The zero-order valence-electron chi connectivity index (χ0n) is 19.0. The number of anilines is 2. The second kappa shape index (κ2) is 24.1. The maximum absolute atomic E-state index is 8.72. The Hall–Kier alpha value is -1.31. The molecule has 0 aliphatic carbocycles. The van der Waals surface area contributed by atoms with E-state index in [1.807, 2.05) is 0 Å². The summed E-state index contributed by atoms with van der Waals surface area (Å²) < 4.78 is 0. The Labute approximate surface area is 253 Å². The number of hydrogen-bond donors (Lipinski definition) is 6. The number of halogens is 4. The molecule has 0 radical (unpaired) electrons. The third-order valence-corrected chi connectivity index (χ3v) is 4.25. The largest absolute Gasteiger partial charge is 2.00 e. The van der Waals surface area contributed by atoms with Gasteiger partial charge in [0.15, 0.2) is 10.2 Å². The van der Waals surface area contributed by atoms with Gasteiger partial charge in [-0.15, -0.1) is 0 Å². The summed E-state index contributed by atoms with van der Waals surface area (Å²) in [7, 11) is 0. The van der Waals surface area contributed by atoms with Crippen LogP contribution in [0.25, 0.3) is 0 Å². The van der Waals surface area contributed by atoms with Crippen molar-refractivity contribution in [3.05, 3.63) is 58.6 Å². The number of nitrogens with one attached hydrogen (secondary N) is 4. The van der Waals surface area contributed by atoms with Gasteiger partial charge in [-0.25, -0.2) is 0 Å². The molecule has 2 aromatic carbocycles. The maximum atomic E-state index is 8.72. The molecule has 0 atom stereocenters. The van der Waals surface area contributed by atoms with Crippen molar-refractivity contribution in [3.63, 3.8) is 0 Å². The Morgan fingerprint density at radius 1 is 0.722 bits per heavy atom. The third kappa shape index (κ3) is 19.8. The maximum Gasteiger partial charge on any atom is 2.00 e. The van der Waals surface area contributed by atoms with Crippen molar-refractivity contribution in [3.8, 4) is 0 Å². The Morgan fingerprint density at radius 2 is 1.00 bits per heavy atom. The van der Waals surface area contributed by atoms with Crippen LogP contribution in [0.3, 0.4) is 0 Å². The summed E-state index contributed by atoms with van der Waals surface area (Å²) in [6.45, 7) is 3.18. The average molecular weight is 663 g/mol. The monoisotopic (exact) mass is 660 g/mol. The summed E-state index contributed by atoms with van der Waals surface area (Å²) in [5.74, 6) is 0. The van der Waals surface area contributed by atoms with Gasteiger partial charge >= 0.3 is 16.5 Å². The van der Waals surface area contributed by atoms with Crippen molar-refractivity contribution in [2.24, 2.45) is 10.2 Å². The number of thiocarbonyl (C=S) groups is 2. The molecule has 0 aliphatic rings. The number of rotatable bonds is 6. The smallest absolute Gasteiger partial charge is 1.00 e. The van der Waals surface area contributed by atoms with Crippen LogP contribution < -0.4 is 46.3 Å². The summed E-state index contributed by atoms with van der Waals surface area (Å²) in [5.41, 5.74) is 7.97. The van der Waals surface area contributed by atoms with E-state index in [-0.39, 0.29) is 60.0 Å². The summed E-state index contributed by atoms with van der Waals surface area (Å²) in [6.07, 6.45) is 0. The molecule has 0 saturated heterocycles. The molecular formula is C20H26Cl4N6NiO3S2. The normalized spacial score (nSPS) is 9.83. The summed E-state index contributed by atoms with van der Waals surface area (Å²) in [5, 5.41) is 33.0. The molecule has 0 fully saturated rings. The Bertz CT molecular complexity index is 878. The molecule has 16 heteroatoms. The van der Waals surface area contributed by atoms with E-state index in [1.165, 1.54) is 0 Å². The van der Waals surface area contributed by atoms with E-state index in [9.17, 15) is 0 Å². The van der Waals surface area contributed by atoms with E-state index in [1.54, 1.807) is 62.4 Å². The molecule has 204 valence electrons. The van der Waals surface area contributed by atoms with Gasteiger partial charge in [-0.05, 0) is 86.8 Å². The first-order chi connectivity index (χ1) is 15.2. The first kappa shape index (κ1) is 41.8. The van der Waals surface area contributed by atoms with Crippen molar-refractivity contribution in [2.75, 3.05) is 23.8 Å². The fraction of sp³-hybridized carbons (Fsp3) is 0.200. The minimum atomic E-state index is -0.101. The van der Waals surface area contributed by atoms with Crippen LogP contribution in [0.1, 0.15) is 13.8 Å². The van der Waals surface area contributed by atoms with Crippen molar-refractivity contribution in [1.82, 2.24) is 10.9 Å². The molecule has 9 nitrogen and oxygen atoms in total. The molecule has 0 bridgehead atoms. The molecule has 36 heavy (non-hydrogen) atoms. The topological polar surface area (TPSA) is 145 Å². The standard InChI is InChI=1S/2C10H12ClN3OS.2ClH.Ni.H2O/c2*1-7(6-15)13-14-10(16)12-9-4-2-8(11)3-5-9;;;;/h2*2-5,15H,6H2,1H3,(H2,12,14,16);2*1H;;1H2/q;;;;+2;/p-2/b2*13-7+;;;;. The van der Waals surface area contributed by atoms with Crippen molar-refractivity contribution in [1.29, 1.82) is 0 Å². The average Bonchev–Trinajstić information content (AvgIpc) is 2.79. The molecule has 0 spiro atoms. The zero-order chi connectivity index (χ0) is 23.9. The fourth-order valence-corrected chi connectivity index (χ4v) is 2.33. The number of hydrogen-bond acceptors (Lipinski definition) is 6. The van der Waals surface area contributed by atoms with Gasteiger partial charge in [0.05, 0.1) is 24.6 Å². The number of aliphatic hydroxyl groups excluding tert-OH is 2. The zero-order valence-corrected chi connectivity index (χ0v) is 24.6. The summed E-state index contributed by atoms with van der Waals surface area (Å²) >= 11 is 21.5. The summed E-state index contributed by atoms with van der Waals surface area (Å²) in [6, 6.07) is 14.3. The number of benzene rings is 2. The second-order valence-corrected chi connectivity index (χ2v) is 7.85. The number of nitrogens with zero attached hydrogens (tertiary/aromatic N) is 2. The molecule has 2 rings (SSSR count). The van der Waals surface area contributed by atoms with Crippen LogP contribution >= 0.6 is 47.6 Å². The van der Waals surface area contributed by atoms with E-state index in [4.69, 9.17) is 57.9 Å². The molecule has 2 aromatic rings. The van der Waals surface area contributed by atoms with Crippen LogP contribution in [-0.4, -0.2) is 50.6 Å². The first-order valence-electron chi connectivity index (χ1n) is 9.16. The SMILES string of the molecule is C/C(CO)=N\NC(=S)Nc1ccc(Cl)cc1.C/C(CO)=N\NC(=S)Nc1ccc(Cl)cc1.O.[Cl-].[Cl-].[Ni+2]. The van der Waals surface area contributed by atoms with Gasteiger partial charge in [-0.2, -0.15) is 10.2 Å². The quantitative estimate of drug-likeness (QED) is 0.0841. The molecule has 0 heterocycles.